The summed E-state index contributed by atoms with van der Waals surface area (Å²) in [4.78, 5) is 12.4. The minimum atomic E-state index is -0.975. The summed E-state index contributed by atoms with van der Waals surface area (Å²) in [6.07, 6.45) is 0.847. The Bertz CT molecular complexity index is 299. The fourth-order valence-corrected chi connectivity index (χ4v) is 2.28. The van der Waals surface area contributed by atoms with Crippen LogP contribution < -0.4 is 0 Å². The molecule has 4 nitrogen and oxygen atoms in total. The Morgan fingerprint density at radius 1 is 1.32 bits per heavy atom. The molecule has 4 unspecified atom stereocenters. The zero-order chi connectivity index (χ0) is 15.2. The van der Waals surface area contributed by atoms with Crippen molar-refractivity contribution in [3.05, 3.63) is 12.7 Å². The number of allylic oxidation sites excluding steroid dienone is 1. The van der Waals surface area contributed by atoms with Gasteiger partial charge in [0.25, 0.3) is 0 Å². The van der Waals surface area contributed by atoms with Gasteiger partial charge < -0.3 is 15.3 Å². The third kappa shape index (κ3) is 4.71. The molecule has 4 heteroatoms. The molecular formula is C15H28O4. The highest BCUT2D eigenvalue weighted by atomic mass is 16.3. The first-order valence-electron chi connectivity index (χ1n) is 6.82. The first-order valence-corrected chi connectivity index (χ1v) is 6.82. The van der Waals surface area contributed by atoms with Crippen LogP contribution in [0.4, 0.5) is 0 Å². The summed E-state index contributed by atoms with van der Waals surface area (Å²) in [5, 5.41) is 29.0. The number of hydrogen-bond donors (Lipinski definition) is 3. The van der Waals surface area contributed by atoms with Crippen molar-refractivity contribution >= 4 is 5.78 Å². The molecule has 4 atom stereocenters. The lowest BCUT2D eigenvalue weighted by molar-refractivity contribution is -0.142. The Hall–Kier alpha value is -0.710. The molecule has 0 rings (SSSR count). The monoisotopic (exact) mass is 272 g/mol. The van der Waals surface area contributed by atoms with Crippen LogP contribution in [0, 0.1) is 17.3 Å². The van der Waals surface area contributed by atoms with Gasteiger partial charge in [0.15, 0.2) is 0 Å². The van der Waals surface area contributed by atoms with Crippen molar-refractivity contribution in [2.24, 2.45) is 17.3 Å². The summed E-state index contributed by atoms with van der Waals surface area (Å²) in [6, 6.07) is 0. The molecule has 0 aromatic carbocycles. The van der Waals surface area contributed by atoms with E-state index in [1.54, 1.807) is 26.8 Å². The van der Waals surface area contributed by atoms with E-state index in [9.17, 15) is 15.0 Å². The van der Waals surface area contributed by atoms with Gasteiger partial charge in [0.2, 0.25) is 0 Å². The molecule has 0 bridgehead atoms. The molecule has 0 aromatic heterocycles. The quantitative estimate of drug-likeness (QED) is 0.556. The van der Waals surface area contributed by atoms with Gasteiger partial charge in [-0.05, 0) is 18.8 Å². The molecule has 0 aromatic rings. The van der Waals surface area contributed by atoms with E-state index >= 15 is 0 Å². The summed E-state index contributed by atoms with van der Waals surface area (Å²) in [5.41, 5.74) is -0.975. The summed E-state index contributed by atoms with van der Waals surface area (Å²) in [6.45, 7) is 10.3. The van der Waals surface area contributed by atoms with Crippen LogP contribution >= 0.6 is 0 Å². The van der Waals surface area contributed by atoms with E-state index in [0.717, 1.165) is 0 Å². The van der Waals surface area contributed by atoms with Crippen LogP contribution in [0.5, 0.6) is 0 Å². The molecule has 0 aliphatic rings. The highest BCUT2D eigenvalue weighted by Crippen LogP contribution is 2.30. The topological polar surface area (TPSA) is 77.8 Å². The van der Waals surface area contributed by atoms with Crippen molar-refractivity contribution < 1.29 is 20.1 Å². The Balaban J connectivity index is 4.83. The SMILES string of the molecule is C=CCC(C)C(O)C(C)C(=O)C(C)(C)C(O)CCO. The van der Waals surface area contributed by atoms with E-state index < -0.39 is 23.5 Å². The molecule has 0 amide bonds. The molecular weight excluding hydrogens is 244 g/mol. The van der Waals surface area contributed by atoms with Crippen molar-refractivity contribution in [2.45, 2.75) is 52.7 Å². The highest BCUT2D eigenvalue weighted by molar-refractivity contribution is 5.87. The van der Waals surface area contributed by atoms with E-state index in [2.05, 4.69) is 6.58 Å². The van der Waals surface area contributed by atoms with Crippen LogP contribution in [0.15, 0.2) is 12.7 Å². The average Bonchev–Trinajstić information content (AvgIpc) is 2.36. The molecule has 0 saturated carbocycles. The van der Waals surface area contributed by atoms with E-state index in [-0.39, 0.29) is 24.7 Å². The van der Waals surface area contributed by atoms with E-state index in [1.807, 2.05) is 6.92 Å². The first kappa shape index (κ1) is 18.3. The summed E-state index contributed by atoms with van der Waals surface area (Å²) in [5.74, 6) is -0.794. The Kier molecular flexibility index (Phi) is 7.49. The third-order valence-electron chi connectivity index (χ3n) is 3.92. The zero-order valence-electron chi connectivity index (χ0n) is 12.5. The second-order valence-electron chi connectivity index (χ2n) is 5.89. The smallest absolute Gasteiger partial charge is 0.146 e. The summed E-state index contributed by atoms with van der Waals surface area (Å²) < 4.78 is 0. The van der Waals surface area contributed by atoms with Crippen LogP contribution in [-0.4, -0.2) is 39.9 Å². The molecule has 0 fully saturated rings. The van der Waals surface area contributed by atoms with Crippen molar-refractivity contribution in [3.8, 4) is 0 Å². The molecule has 3 N–H and O–H groups in total. The number of Topliss-reactive ketones (excluding diaryl/α,β-unsaturated/α-hetero) is 1. The number of aliphatic hydroxyl groups is 3. The fourth-order valence-electron chi connectivity index (χ4n) is 2.28. The zero-order valence-corrected chi connectivity index (χ0v) is 12.5. The minimum Gasteiger partial charge on any atom is -0.396 e. The van der Waals surface area contributed by atoms with Gasteiger partial charge in [0, 0.05) is 17.9 Å². The number of carbonyl (C=O) groups excluding carboxylic acids is 1. The molecule has 0 aliphatic carbocycles. The van der Waals surface area contributed by atoms with Crippen LogP contribution in [0.3, 0.4) is 0 Å². The van der Waals surface area contributed by atoms with Crippen molar-refractivity contribution in [1.29, 1.82) is 0 Å². The normalized spacial score (nSPS) is 18.5. The highest BCUT2D eigenvalue weighted by Gasteiger charge is 2.40. The van der Waals surface area contributed by atoms with Crippen LogP contribution in [0.25, 0.3) is 0 Å². The van der Waals surface area contributed by atoms with Gasteiger partial charge in [-0.15, -0.1) is 6.58 Å². The predicted octanol–water partition coefficient (Wildman–Crippen LogP) is 1.53. The van der Waals surface area contributed by atoms with Crippen LogP contribution in [0.2, 0.25) is 0 Å². The first-order chi connectivity index (χ1) is 8.69. The minimum absolute atomic E-state index is 0.0535. The largest absolute Gasteiger partial charge is 0.396 e. The number of hydrogen-bond acceptors (Lipinski definition) is 4. The molecule has 0 heterocycles. The van der Waals surface area contributed by atoms with Crippen LogP contribution in [0.1, 0.15) is 40.5 Å². The maximum Gasteiger partial charge on any atom is 0.146 e. The van der Waals surface area contributed by atoms with Gasteiger partial charge >= 0.3 is 0 Å². The van der Waals surface area contributed by atoms with Gasteiger partial charge in [0.05, 0.1) is 12.2 Å². The molecule has 112 valence electrons. The molecule has 0 aliphatic heterocycles. The standard InChI is InChI=1S/C15H28O4/c1-6-7-10(2)13(18)11(3)14(19)15(4,5)12(17)8-9-16/h6,10-13,16-18H,1,7-9H2,2-5H3. The molecule has 0 saturated heterocycles. The number of ketones is 1. The van der Waals surface area contributed by atoms with Crippen molar-refractivity contribution in [3.63, 3.8) is 0 Å². The average molecular weight is 272 g/mol. The van der Waals surface area contributed by atoms with E-state index in [1.165, 1.54) is 0 Å². The lowest BCUT2D eigenvalue weighted by atomic mass is 9.73. The predicted molar refractivity (Wildman–Crippen MR) is 75.6 cm³/mol. The van der Waals surface area contributed by atoms with Crippen molar-refractivity contribution in [2.75, 3.05) is 6.61 Å². The summed E-state index contributed by atoms with van der Waals surface area (Å²) in [7, 11) is 0. The van der Waals surface area contributed by atoms with Gasteiger partial charge in [-0.25, -0.2) is 0 Å². The number of carbonyl (C=O) groups is 1. The van der Waals surface area contributed by atoms with Gasteiger partial charge in [0.1, 0.15) is 5.78 Å². The third-order valence-corrected chi connectivity index (χ3v) is 3.92. The molecule has 0 spiro atoms. The number of aliphatic hydroxyl groups excluding tert-OH is 3. The second kappa shape index (κ2) is 7.78. The van der Waals surface area contributed by atoms with Crippen molar-refractivity contribution in [1.82, 2.24) is 0 Å². The Labute approximate surface area is 116 Å². The van der Waals surface area contributed by atoms with E-state index in [0.29, 0.717) is 6.42 Å². The summed E-state index contributed by atoms with van der Waals surface area (Å²) >= 11 is 0. The lowest BCUT2D eigenvalue weighted by Crippen LogP contribution is -2.45. The van der Waals surface area contributed by atoms with E-state index in [4.69, 9.17) is 5.11 Å². The maximum atomic E-state index is 12.4. The second-order valence-corrected chi connectivity index (χ2v) is 5.89. The van der Waals surface area contributed by atoms with Gasteiger partial charge in [-0.1, -0.05) is 33.8 Å². The van der Waals surface area contributed by atoms with Gasteiger partial charge in [-0.3, -0.25) is 4.79 Å². The molecule has 0 radical (unpaired) electrons. The Morgan fingerprint density at radius 3 is 2.26 bits per heavy atom. The van der Waals surface area contributed by atoms with Crippen LogP contribution in [-0.2, 0) is 4.79 Å². The maximum absolute atomic E-state index is 12.4. The van der Waals surface area contributed by atoms with Gasteiger partial charge in [-0.2, -0.15) is 0 Å². The number of rotatable bonds is 9. The lowest BCUT2D eigenvalue weighted by Gasteiger charge is -2.34. The molecule has 19 heavy (non-hydrogen) atoms. The Morgan fingerprint density at radius 2 is 1.84 bits per heavy atom. The fraction of sp³-hybridized carbons (Fsp3) is 0.800.